The number of hydrogen-bond donors (Lipinski definition) is 6. The quantitative estimate of drug-likeness (QED) is 0.279. The van der Waals surface area contributed by atoms with Gasteiger partial charge in [0.15, 0.2) is 10.9 Å². The van der Waals surface area contributed by atoms with Crippen LogP contribution in [0.3, 0.4) is 0 Å². The average Bonchev–Trinajstić information content (AvgIpc) is 3.14. The normalized spacial score (nSPS) is 26.7. The van der Waals surface area contributed by atoms with Gasteiger partial charge in [-0.25, -0.2) is 9.97 Å². The Labute approximate surface area is 148 Å². The lowest BCUT2D eigenvalue weighted by molar-refractivity contribution is -0.0511. The van der Waals surface area contributed by atoms with Crippen LogP contribution in [0.25, 0.3) is 11.2 Å². The summed E-state index contributed by atoms with van der Waals surface area (Å²) >= 11 is 5.25. The number of hydrogen-bond acceptors (Lipinski definition) is 9. The number of nitrogens with two attached hydrogens (primary N) is 1. The predicted molar refractivity (Wildman–Crippen MR) is 92.4 cm³/mol. The number of nitrogens with one attached hydrogen (secondary N) is 2. The fourth-order valence-electron chi connectivity index (χ4n) is 2.66. The van der Waals surface area contributed by atoms with E-state index in [1.165, 1.54) is 10.9 Å². The van der Waals surface area contributed by atoms with Gasteiger partial charge in [-0.2, -0.15) is 0 Å². The second kappa shape index (κ2) is 7.56. The molecule has 11 heteroatoms. The van der Waals surface area contributed by atoms with E-state index in [2.05, 4.69) is 20.3 Å². The largest absolute Gasteiger partial charge is 0.394 e. The number of imidazole rings is 1. The lowest BCUT2D eigenvalue weighted by atomic mass is 10.1. The number of aliphatic hydroxyl groups is 3. The molecule has 2 aromatic rings. The highest BCUT2D eigenvalue weighted by molar-refractivity contribution is 7.71. The maximum atomic E-state index is 10.2. The molecule has 25 heavy (non-hydrogen) atoms. The van der Waals surface area contributed by atoms with Gasteiger partial charge in [0.1, 0.15) is 29.5 Å². The Morgan fingerprint density at radius 3 is 2.88 bits per heavy atom. The van der Waals surface area contributed by atoms with Crippen LogP contribution in [0.4, 0.5) is 5.95 Å². The molecular formula is C14H20N6O4S. The summed E-state index contributed by atoms with van der Waals surface area (Å²) in [5, 5.41) is 32.4. The molecule has 0 radical (unpaired) electrons. The molecule has 2 aromatic heterocycles. The number of H-pyrrole nitrogens is 1. The first-order valence-electron chi connectivity index (χ1n) is 7.75. The van der Waals surface area contributed by atoms with Crippen LogP contribution in [0, 0.1) is 4.64 Å². The fourth-order valence-corrected chi connectivity index (χ4v) is 2.90. The van der Waals surface area contributed by atoms with E-state index in [0.29, 0.717) is 30.2 Å². The van der Waals surface area contributed by atoms with Crippen LogP contribution in [0.2, 0.25) is 0 Å². The number of rotatable bonds is 6. The number of fused-ring (bicyclic) bond motifs is 1. The molecule has 3 heterocycles. The summed E-state index contributed by atoms with van der Waals surface area (Å²) in [5.74, 6) is 0.424. The fraction of sp³-hybridized carbons (Fsp3) is 0.500. The van der Waals surface area contributed by atoms with Gasteiger partial charge < -0.3 is 36.1 Å². The van der Waals surface area contributed by atoms with E-state index in [4.69, 9.17) is 22.7 Å². The molecule has 0 aliphatic carbocycles. The van der Waals surface area contributed by atoms with Crippen LogP contribution in [-0.2, 0) is 4.74 Å². The van der Waals surface area contributed by atoms with Crippen molar-refractivity contribution in [3.8, 4) is 0 Å². The van der Waals surface area contributed by atoms with Crippen molar-refractivity contribution in [2.45, 2.75) is 24.5 Å². The molecule has 1 aliphatic heterocycles. The molecular weight excluding hydrogens is 348 g/mol. The third kappa shape index (κ3) is 3.42. The molecule has 0 bridgehead atoms. The summed E-state index contributed by atoms with van der Waals surface area (Å²) < 4.78 is 7.34. The number of ether oxygens (including phenoxy) is 1. The molecule has 1 fully saturated rings. The average molecular weight is 368 g/mol. The molecule has 1 unspecified atom stereocenters. The molecule has 7 N–H and O–H groups in total. The monoisotopic (exact) mass is 368 g/mol. The zero-order valence-corrected chi connectivity index (χ0v) is 14.1. The number of anilines is 1. The third-order valence-corrected chi connectivity index (χ3v) is 4.21. The second-order valence-corrected chi connectivity index (χ2v) is 5.94. The van der Waals surface area contributed by atoms with Crippen molar-refractivity contribution in [3.05, 3.63) is 23.1 Å². The van der Waals surface area contributed by atoms with Crippen molar-refractivity contribution in [1.82, 2.24) is 19.5 Å². The zero-order valence-electron chi connectivity index (χ0n) is 13.2. The van der Waals surface area contributed by atoms with Gasteiger partial charge in [0, 0.05) is 13.1 Å². The highest BCUT2D eigenvalue weighted by Crippen LogP contribution is 2.31. The highest BCUT2D eigenvalue weighted by atomic mass is 32.1. The van der Waals surface area contributed by atoms with Crippen LogP contribution >= 0.6 is 12.2 Å². The van der Waals surface area contributed by atoms with Crippen LogP contribution in [0.5, 0.6) is 0 Å². The molecule has 3 rings (SSSR count). The zero-order chi connectivity index (χ0) is 18.0. The first kappa shape index (κ1) is 17.9. The molecule has 0 aromatic carbocycles. The summed E-state index contributed by atoms with van der Waals surface area (Å²) in [5.41, 5.74) is 6.31. The lowest BCUT2D eigenvalue weighted by Crippen LogP contribution is -2.33. The van der Waals surface area contributed by atoms with Gasteiger partial charge in [-0.15, -0.1) is 0 Å². The third-order valence-electron chi connectivity index (χ3n) is 3.93. The van der Waals surface area contributed by atoms with Gasteiger partial charge in [0.25, 0.3) is 0 Å². The summed E-state index contributed by atoms with van der Waals surface area (Å²) in [6.07, 6.45) is 0.911. The van der Waals surface area contributed by atoms with E-state index in [-0.39, 0.29) is 4.64 Å². The maximum absolute atomic E-state index is 10.2. The molecule has 4 atom stereocenters. The SMILES string of the molecule is NCC=CCNc1nc(=S)c2ncn([C@@H]3O[C@H](CO)[C@H](O)C3O)c2[nH]1. The van der Waals surface area contributed by atoms with Crippen LogP contribution in [0.15, 0.2) is 18.5 Å². The van der Waals surface area contributed by atoms with Crippen LogP contribution < -0.4 is 11.1 Å². The van der Waals surface area contributed by atoms with Crippen molar-refractivity contribution in [2.24, 2.45) is 5.73 Å². The Morgan fingerprint density at radius 1 is 1.40 bits per heavy atom. The lowest BCUT2D eigenvalue weighted by Gasteiger charge is -2.17. The topological polar surface area (TPSA) is 154 Å². The van der Waals surface area contributed by atoms with E-state index < -0.39 is 31.1 Å². The molecule has 1 saturated heterocycles. The standard InChI is InChI=1S/C14H20N6O4S/c15-3-1-2-4-16-14-18-11-8(12(25)19-14)17-6-20(11)13-10(23)9(22)7(5-21)24-13/h1-2,6-7,9-10,13,21-23H,3-5,15H2,(H2,16,18,19,25)/t7-,9+,10?,13-/m1/s1. The predicted octanol–water partition coefficient (Wildman–Crippen LogP) is -0.973. The molecule has 10 nitrogen and oxygen atoms in total. The minimum atomic E-state index is -1.21. The van der Waals surface area contributed by atoms with E-state index >= 15 is 0 Å². The Balaban J connectivity index is 1.93. The summed E-state index contributed by atoms with van der Waals surface area (Å²) in [6, 6.07) is 0. The molecule has 0 spiro atoms. The van der Waals surface area contributed by atoms with Crippen molar-refractivity contribution < 1.29 is 20.1 Å². The number of aromatic amines is 1. The van der Waals surface area contributed by atoms with Crippen LogP contribution in [-0.4, -0.2) is 72.8 Å². The molecule has 136 valence electrons. The maximum Gasteiger partial charge on any atom is 0.203 e. The Bertz CT molecular complexity index is 821. The molecule has 0 saturated carbocycles. The highest BCUT2D eigenvalue weighted by Gasteiger charge is 2.43. The molecule has 1 aliphatic rings. The Hall–Kier alpha value is -1.89. The Morgan fingerprint density at radius 2 is 2.20 bits per heavy atom. The molecule has 0 amide bonds. The van der Waals surface area contributed by atoms with Crippen molar-refractivity contribution in [1.29, 1.82) is 0 Å². The van der Waals surface area contributed by atoms with Gasteiger partial charge >= 0.3 is 0 Å². The van der Waals surface area contributed by atoms with E-state index in [0.717, 1.165) is 0 Å². The minimum absolute atomic E-state index is 0.282. The van der Waals surface area contributed by atoms with Crippen molar-refractivity contribution in [2.75, 3.05) is 25.0 Å². The van der Waals surface area contributed by atoms with E-state index in [9.17, 15) is 15.3 Å². The summed E-state index contributed by atoms with van der Waals surface area (Å²) in [4.78, 5) is 11.5. The first-order valence-corrected chi connectivity index (χ1v) is 8.16. The number of nitrogens with zero attached hydrogens (tertiary/aromatic N) is 3. The number of aromatic nitrogens is 4. The summed E-state index contributed by atoms with van der Waals surface area (Å²) in [7, 11) is 0. The van der Waals surface area contributed by atoms with Gasteiger partial charge in [0.2, 0.25) is 5.95 Å². The van der Waals surface area contributed by atoms with Crippen LogP contribution in [0.1, 0.15) is 6.23 Å². The number of aliphatic hydroxyl groups excluding tert-OH is 3. The minimum Gasteiger partial charge on any atom is -0.394 e. The van der Waals surface area contributed by atoms with Gasteiger partial charge in [-0.1, -0.05) is 24.4 Å². The van der Waals surface area contributed by atoms with Gasteiger partial charge in [0.05, 0.1) is 12.9 Å². The van der Waals surface area contributed by atoms with Crippen molar-refractivity contribution in [3.63, 3.8) is 0 Å². The first-order chi connectivity index (χ1) is 12.1. The van der Waals surface area contributed by atoms with Gasteiger partial charge in [-0.05, 0) is 0 Å². The van der Waals surface area contributed by atoms with Gasteiger partial charge in [-0.3, -0.25) is 4.57 Å². The van der Waals surface area contributed by atoms with Crippen molar-refractivity contribution >= 4 is 29.3 Å². The van der Waals surface area contributed by atoms with E-state index in [1.54, 1.807) is 0 Å². The van der Waals surface area contributed by atoms with E-state index in [1.807, 2.05) is 12.2 Å². The second-order valence-electron chi connectivity index (χ2n) is 5.56. The smallest absolute Gasteiger partial charge is 0.203 e. The Kier molecular flexibility index (Phi) is 5.42. The summed E-state index contributed by atoms with van der Waals surface area (Å²) in [6.45, 7) is 0.546.